The van der Waals surface area contributed by atoms with Crippen LogP contribution in [0.4, 0.5) is 5.69 Å². The van der Waals surface area contributed by atoms with E-state index < -0.39 is 0 Å². The van der Waals surface area contributed by atoms with Crippen molar-refractivity contribution >= 4 is 23.9 Å². The average molecular weight is 326 g/mol. The van der Waals surface area contributed by atoms with E-state index in [0.29, 0.717) is 6.42 Å². The molecule has 0 atom stereocenters. The zero-order chi connectivity index (χ0) is 17.9. The Bertz CT molecular complexity index is 727. The molecule has 1 aromatic carbocycles. The van der Waals surface area contributed by atoms with Gasteiger partial charge in [0.25, 0.3) is 0 Å². The van der Waals surface area contributed by atoms with Gasteiger partial charge >= 0.3 is 0 Å². The maximum Gasteiger partial charge on any atom is 0.204 e. The second kappa shape index (κ2) is 9.78. The Balaban J connectivity index is 0.000000891. The van der Waals surface area contributed by atoms with Crippen LogP contribution in [0, 0.1) is 12.3 Å². The van der Waals surface area contributed by atoms with Gasteiger partial charge < -0.3 is 21.6 Å². The number of carbonyl (C=O) groups excluding carboxylic acids is 1. The molecule has 6 nitrogen and oxygen atoms in total. The summed E-state index contributed by atoms with van der Waals surface area (Å²) in [4.78, 5) is 13.0. The van der Waals surface area contributed by atoms with Crippen molar-refractivity contribution in [3.05, 3.63) is 59.4 Å². The number of hydrogen-bond donors (Lipinski definition) is 4. The molecule has 2 aromatic rings. The predicted octanol–water partition coefficient (Wildman–Crippen LogP) is 2.51. The molecule has 24 heavy (non-hydrogen) atoms. The van der Waals surface area contributed by atoms with Gasteiger partial charge in [-0.05, 0) is 42.8 Å². The number of amides is 1. The third kappa shape index (κ3) is 5.57. The lowest BCUT2D eigenvalue weighted by Gasteiger charge is -2.10. The van der Waals surface area contributed by atoms with E-state index >= 15 is 0 Å². The van der Waals surface area contributed by atoms with E-state index in [4.69, 9.17) is 10.2 Å². The lowest BCUT2D eigenvalue weighted by molar-refractivity contribution is -0.106. The number of hydrogen-bond acceptors (Lipinski definition) is 5. The minimum absolute atomic E-state index is 0.186. The Morgan fingerprint density at radius 3 is 2.67 bits per heavy atom. The molecule has 126 valence electrons. The summed E-state index contributed by atoms with van der Waals surface area (Å²) >= 11 is 0. The van der Waals surface area contributed by atoms with Crippen LogP contribution in [0.1, 0.15) is 17.0 Å². The molecule has 0 aliphatic rings. The van der Waals surface area contributed by atoms with E-state index in [-0.39, 0.29) is 12.2 Å². The third-order valence-corrected chi connectivity index (χ3v) is 3.22. The number of aromatic hydroxyl groups is 1. The van der Waals surface area contributed by atoms with E-state index in [1.165, 1.54) is 6.21 Å². The second-order valence-corrected chi connectivity index (χ2v) is 4.89. The van der Waals surface area contributed by atoms with Crippen molar-refractivity contribution in [2.75, 3.05) is 12.4 Å². The number of benzene rings is 1. The molecule has 2 rings (SSSR count). The zero-order valence-corrected chi connectivity index (χ0v) is 13.8. The lowest BCUT2D eigenvalue weighted by atomic mass is 10.0. The molecule has 0 saturated carbocycles. The van der Waals surface area contributed by atoms with Gasteiger partial charge in [0.2, 0.25) is 6.41 Å². The minimum atomic E-state index is 0.186. The molecule has 1 aromatic heterocycles. The normalized spacial score (nSPS) is 10.3. The van der Waals surface area contributed by atoms with Gasteiger partial charge in [0.15, 0.2) is 0 Å². The van der Waals surface area contributed by atoms with Gasteiger partial charge in [-0.2, -0.15) is 0 Å². The molecule has 0 bridgehead atoms. The topological polar surface area (TPSA) is 112 Å². The van der Waals surface area contributed by atoms with Gasteiger partial charge in [0.1, 0.15) is 5.75 Å². The van der Waals surface area contributed by atoms with Crippen molar-refractivity contribution in [1.82, 2.24) is 4.98 Å². The molecule has 6 heteroatoms. The monoisotopic (exact) mass is 326 g/mol. The smallest absolute Gasteiger partial charge is 0.204 e. The van der Waals surface area contributed by atoms with E-state index in [0.717, 1.165) is 28.2 Å². The van der Waals surface area contributed by atoms with Crippen molar-refractivity contribution in [2.24, 2.45) is 5.73 Å². The van der Waals surface area contributed by atoms with Crippen LogP contribution in [-0.4, -0.2) is 29.8 Å². The number of aryl methyl sites for hydroxylation is 1. The van der Waals surface area contributed by atoms with Crippen molar-refractivity contribution in [2.45, 2.75) is 13.3 Å². The van der Waals surface area contributed by atoms with Crippen molar-refractivity contribution in [1.29, 1.82) is 5.41 Å². The van der Waals surface area contributed by atoms with Crippen LogP contribution in [-0.2, 0) is 11.2 Å². The van der Waals surface area contributed by atoms with Gasteiger partial charge in [0, 0.05) is 42.3 Å². The third-order valence-electron chi connectivity index (χ3n) is 3.22. The second-order valence-electron chi connectivity index (χ2n) is 4.89. The number of phenolic OH excluding ortho intramolecular Hbond substituents is 1. The number of pyridine rings is 1. The van der Waals surface area contributed by atoms with Crippen molar-refractivity contribution < 1.29 is 9.90 Å². The number of rotatable bonds is 5. The van der Waals surface area contributed by atoms with E-state index in [9.17, 15) is 5.11 Å². The molecule has 0 aliphatic carbocycles. The Labute approximate surface area is 141 Å². The van der Waals surface area contributed by atoms with Gasteiger partial charge in [-0.25, -0.2) is 0 Å². The predicted molar refractivity (Wildman–Crippen MR) is 97.3 cm³/mol. The summed E-state index contributed by atoms with van der Waals surface area (Å²) in [6, 6.07) is 11.0. The van der Waals surface area contributed by atoms with Crippen LogP contribution in [0.2, 0.25) is 0 Å². The van der Waals surface area contributed by atoms with Gasteiger partial charge in [-0.15, -0.1) is 0 Å². The van der Waals surface area contributed by atoms with Crippen LogP contribution < -0.4 is 11.1 Å². The Morgan fingerprint density at radius 2 is 2.08 bits per heavy atom. The Kier molecular flexibility index (Phi) is 7.70. The average Bonchev–Trinajstić information content (AvgIpc) is 2.56. The van der Waals surface area contributed by atoms with E-state index in [1.807, 2.05) is 38.2 Å². The first-order valence-electron chi connectivity index (χ1n) is 7.35. The van der Waals surface area contributed by atoms with Crippen LogP contribution in [0.15, 0.2) is 42.5 Å². The van der Waals surface area contributed by atoms with Crippen molar-refractivity contribution in [3.63, 3.8) is 0 Å². The molecule has 0 saturated heterocycles. The summed E-state index contributed by atoms with van der Waals surface area (Å²) in [6.07, 6.45) is 4.14. The molecular weight excluding hydrogens is 304 g/mol. The molecule has 1 heterocycles. The lowest BCUT2D eigenvalue weighted by Crippen LogP contribution is -1.97. The van der Waals surface area contributed by atoms with Gasteiger partial charge in [0.05, 0.1) is 0 Å². The summed E-state index contributed by atoms with van der Waals surface area (Å²) in [5.74, 6) is 0.186. The standard InChI is InChI=1S/C17H19N3O.CH3NO/c1-12-4-3-5-14(20-12)7-6-13(11-18)16-10-15(21)8-9-17(16)19-2;2-1-3/h3-6,8-11,18-19,21H,7H2,1-2H3;1H,(H2,2,3)/b13-6+,18-11?;. The highest BCUT2D eigenvalue weighted by Crippen LogP contribution is 2.27. The van der Waals surface area contributed by atoms with Gasteiger partial charge in [-0.3, -0.25) is 9.78 Å². The number of carbonyl (C=O) groups is 1. The number of nitrogens with two attached hydrogens (primary N) is 1. The Morgan fingerprint density at radius 1 is 1.38 bits per heavy atom. The number of allylic oxidation sites excluding steroid dienone is 2. The van der Waals surface area contributed by atoms with Crippen molar-refractivity contribution in [3.8, 4) is 5.75 Å². The quantitative estimate of drug-likeness (QED) is 0.384. The SMILES string of the molecule is CNc1ccc(O)cc1/C(C=N)=C/Cc1cccc(C)n1.NC=O. The van der Waals surface area contributed by atoms with Crippen LogP contribution in [0.25, 0.3) is 5.57 Å². The molecule has 0 spiro atoms. The van der Waals surface area contributed by atoms with Crippen LogP contribution >= 0.6 is 0 Å². The number of anilines is 1. The first-order chi connectivity index (χ1) is 11.5. The number of nitrogens with one attached hydrogen (secondary N) is 2. The van der Waals surface area contributed by atoms with E-state index in [2.05, 4.69) is 16.0 Å². The first kappa shape index (κ1) is 18.9. The highest BCUT2D eigenvalue weighted by molar-refractivity contribution is 6.10. The highest BCUT2D eigenvalue weighted by Gasteiger charge is 2.06. The number of phenols is 1. The van der Waals surface area contributed by atoms with Crippen LogP contribution in [0.5, 0.6) is 5.75 Å². The summed E-state index contributed by atoms with van der Waals surface area (Å²) in [6.45, 7) is 1.96. The minimum Gasteiger partial charge on any atom is -0.508 e. The fourth-order valence-electron chi connectivity index (χ4n) is 2.16. The van der Waals surface area contributed by atoms with Crippen LogP contribution in [0.3, 0.4) is 0 Å². The molecular formula is C18H22N4O2. The maximum atomic E-state index is 9.66. The number of primary amides is 1. The molecule has 5 N–H and O–H groups in total. The highest BCUT2D eigenvalue weighted by atomic mass is 16.3. The fourth-order valence-corrected chi connectivity index (χ4v) is 2.16. The van der Waals surface area contributed by atoms with Gasteiger partial charge in [-0.1, -0.05) is 12.1 Å². The largest absolute Gasteiger partial charge is 0.508 e. The van der Waals surface area contributed by atoms with E-state index in [1.54, 1.807) is 18.2 Å². The maximum absolute atomic E-state index is 9.66. The zero-order valence-electron chi connectivity index (χ0n) is 13.8. The Hall–Kier alpha value is -3.15. The molecule has 0 fully saturated rings. The summed E-state index contributed by atoms with van der Waals surface area (Å²) in [5, 5.41) is 20.4. The summed E-state index contributed by atoms with van der Waals surface area (Å²) in [7, 11) is 1.82. The number of nitrogens with zero attached hydrogens (tertiary/aromatic N) is 1. The molecule has 0 aliphatic heterocycles. The molecule has 0 radical (unpaired) electrons. The molecule has 0 unspecified atom stereocenters. The fraction of sp³-hybridized carbons (Fsp3) is 0.167. The first-order valence-corrected chi connectivity index (χ1v) is 7.35. The number of aromatic nitrogens is 1. The summed E-state index contributed by atoms with van der Waals surface area (Å²) in [5.41, 5.74) is 8.53. The molecule has 1 amide bonds. The summed E-state index contributed by atoms with van der Waals surface area (Å²) < 4.78 is 0.